The minimum Gasteiger partial charge on any atom is -0.338 e. The predicted molar refractivity (Wildman–Crippen MR) is 118 cm³/mol. The molecule has 0 saturated carbocycles. The molecule has 0 aliphatic rings. The molecule has 0 saturated heterocycles. The number of nitrogens with one attached hydrogen (secondary N) is 1. The lowest BCUT2D eigenvalue weighted by atomic mass is 9.91. The summed E-state index contributed by atoms with van der Waals surface area (Å²) in [6.45, 7) is 9.75. The van der Waals surface area contributed by atoms with Crippen LogP contribution < -0.4 is 5.43 Å². The number of hydrogen-bond acceptors (Lipinski definition) is 3. The standard InChI is InChI=1S/C24H31N3O2/c1-17(2)27(18(3)4)22(28)16-19(5)25-26-24(29)23(20-12-8-6-9-13-20)21-14-10-7-11-15-21/h6-15,17-18,23H,16H2,1-5H3,(H,26,29)/b25-19-. The second-order valence-corrected chi connectivity index (χ2v) is 7.74. The molecule has 0 aliphatic carbocycles. The summed E-state index contributed by atoms with van der Waals surface area (Å²) in [5.41, 5.74) is 5.03. The first-order chi connectivity index (χ1) is 13.8. The van der Waals surface area contributed by atoms with E-state index in [1.165, 1.54) is 0 Å². The Balaban J connectivity index is 2.14. The quantitative estimate of drug-likeness (QED) is 0.535. The first kappa shape index (κ1) is 22.3. The molecule has 5 nitrogen and oxygen atoms in total. The summed E-state index contributed by atoms with van der Waals surface area (Å²) >= 11 is 0. The highest BCUT2D eigenvalue weighted by molar-refractivity contribution is 6.00. The first-order valence-corrected chi connectivity index (χ1v) is 10.0. The van der Waals surface area contributed by atoms with Gasteiger partial charge in [0.15, 0.2) is 0 Å². The van der Waals surface area contributed by atoms with Gasteiger partial charge in [0.25, 0.3) is 5.91 Å². The molecule has 0 unspecified atom stereocenters. The van der Waals surface area contributed by atoms with Crippen LogP contribution in [0.1, 0.15) is 58.1 Å². The molecule has 0 radical (unpaired) electrons. The summed E-state index contributed by atoms with van der Waals surface area (Å²) in [5, 5.41) is 4.21. The van der Waals surface area contributed by atoms with Crippen molar-refractivity contribution >= 4 is 17.5 Å². The molecule has 0 aromatic heterocycles. The van der Waals surface area contributed by atoms with Gasteiger partial charge in [0.2, 0.25) is 5.91 Å². The highest BCUT2D eigenvalue weighted by Gasteiger charge is 2.23. The third-order valence-corrected chi connectivity index (χ3v) is 4.69. The fraction of sp³-hybridized carbons (Fsp3) is 0.375. The topological polar surface area (TPSA) is 61.8 Å². The molecular formula is C24H31N3O2. The third-order valence-electron chi connectivity index (χ3n) is 4.69. The Bertz CT molecular complexity index is 782. The number of hydrazone groups is 1. The molecule has 2 amide bonds. The number of carbonyl (C=O) groups excluding carboxylic acids is 2. The van der Waals surface area contributed by atoms with E-state index in [2.05, 4.69) is 10.5 Å². The summed E-state index contributed by atoms with van der Waals surface area (Å²) in [4.78, 5) is 27.4. The van der Waals surface area contributed by atoms with Gasteiger partial charge in [-0.3, -0.25) is 9.59 Å². The molecule has 1 N–H and O–H groups in total. The minimum absolute atomic E-state index is 0.00756. The Morgan fingerprint density at radius 3 is 1.72 bits per heavy atom. The summed E-state index contributed by atoms with van der Waals surface area (Å²) in [5.74, 6) is -0.681. The normalized spacial score (nSPS) is 11.8. The lowest BCUT2D eigenvalue weighted by Crippen LogP contribution is -2.42. The van der Waals surface area contributed by atoms with E-state index < -0.39 is 5.92 Å². The van der Waals surface area contributed by atoms with Crippen molar-refractivity contribution in [3.63, 3.8) is 0 Å². The van der Waals surface area contributed by atoms with Crippen LogP contribution in [0.4, 0.5) is 0 Å². The fourth-order valence-electron chi connectivity index (χ4n) is 3.52. The number of carbonyl (C=O) groups is 2. The number of benzene rings is 2. The van der Waals surface area contributed by atoms with E-state index in [-0.39, 0.29) is 30.3 Å². The van der Waals surface area contributed by atoms with Crippen molar-refractivity contribution in [3.8, 4) is 0 Å². The number of rotatable bonds is 8. The molecule has 29 heavy (non-hydrogen) atoms. The van der Waals surface area contributed by atoms with E-state index >= 15 is 0 Å². The van der Waals surface area contributed by atoms with Gasteiger partial charge in [0.05, 0.1) is 12.3 Å². The Morgan fingerprint density at radius 2 is 1.31 bits per heavy atom. The molecule has 0 heterocycles. The van der Waals surface area contributed by atoms with Crippen LogP contribution in [0.15, 0.2) is 65.8 Å². The highest BCUT2D eigenvalue weighted by Crippen LogP contribution is 2.24. The average molecular weight is 394 g/mol. The third kappa shape index (κ3) is 6.28. The van der Waals surface area contributed by atoms with E-state index in [0.29, 0.717) is 5.71 Å². The number of nitrogens with zero attached hydrogens (tertiary/aromatic N) is 2. The van der Waals surface area contributed by atoms with Crippen LogP contribution in [0.25, 0.3) is 0 Å². The van der Waals surface area contributed by atoms with Crippen molar-refractivity contribution in [1.82, 2.24) is 10.3 Å². The van der Waals surface area contributed by atoms with E-state index in [1.807, 2.05) is 93.3 Å². The smallest absolute Gasteiger partial charge is 0.252 e. The molecule has 5 heteroatoms. The lowest BCUT2D eigenvalue weighted by molar-refractivity contribution is -0.133. The second kappa shape index (κ2) is 10.6. The van der Waals surface area contributed by atoms with E-state index in [1.54, 1.807) is 6.92 Å². The fourth-order valence-corrected chi connectivity index (χ4v) is 3.52. The molecular weight excluding hydrogens is 362 g/mol. The van der Waals surface area contributed by atoms with Crippen molar-refractivity contribution in [1.29, 1.82) is 0 Å². The van der Waals surface area contributed by atoms with E-state index in [0.717, 1.165) is 11.1 Å². The van der Waals surface area contributed by atoms with Crippen LogP contribution in [0, 0.1) is 0 Å². The monoisotopic (exact) mass is 393 g/mol. The molecule has 2 aromatic carbocycles. The lowest BCUT2D eigenvalue weighted by Gasteiger charge is -2.30. The number of hydrogen-bond donors (Lipinski definition) is 1. The minimum atomic E-state index is -0.465. The van der Waals surface area contributed by atoms with Crippen LogP contribution in [0.2, 0.25) is 0 Å². The maximum absolute atomic E-state index is 13.0. The van der Waals surface area contributed by atoms with Crippen molar-refractivity contribution in [2.45, 2.75) is 59.0 Å². The zero-order valence-electron chi connectivity index (χ0n) is 17.9. The van der Waals surface area contributed by atoms with Crippen LogP contribution in [0.5, 0.6) is 0 Å². The van der Waals surface area contributed by atoms with Gasteiger partial charge in [-0.15, -0.1) is 0 Å². The SMILES string of the molecule is C/C(CC(=O)N(C(C)C)C(C)C)=N/NC(=O)C(c1ccccc1)c1ccccc1. The Morgan fingerprint density at radius 1 is 0.862 bits per heavy atom. The van der Waals surface area contributed by atoms with Crippen molar-refractivity contribution in [3.05, 3.63) is 71.8 Å². The van der Waals surface area contributed by atoms with Gasteiger partial charge in [0.1, 0.15) is 0 Å². The van der Waals surface area contributed by atoms with Crippen LogP contribution in [-0.4, -0.2) is 34.5 Å². The summed E-state index contributed by atoms with van der Waals surface area (Å²) in [6.07, 6.45) is 0.179. The molecule has 0 spiro atoms. The maximum Gasteiger partial charge on any atom is 0.252 e. The van der Waals surface area contributed by atoms with Gasteiger partial charge in [-0.05, 0) is 45.7 Å². The zero-order valence-corrected chi connectivity index (χ0v) is 17.9. The molecule has 0 aliphatic heterocycles. The van der Waals surface area contributed by atoms with Crippen molar-refractivity contribution in [2.24, 2.45) is 5.10 Å². The zero-order chi connectivity index (χ0) is 21.4. The van der Waals surface area contributed by atoms with E-state index in [4.69, 9.17) is 0 Å². The summed E-state index contributed by atoms with van der Waals surface area (Å²) < 4.78 is 0. The molecule has 154 valence electrons. The largest absolute Gasteiger partial charge is 0.338 e. The second-order valence-electron chi connectivity index (χ2n) is 7.74. The summed E-state index contributed by atoms with van der Waals surface area (Å²) in [6, 6.07) is 19.5. The molecule has 0 fully saturated rings. The number of amides is 2. The van der Waals surface area contributed by atoms with Gasteiger partial charge in [-0.2, -0.15) is 5.10 Å². The van der Waals surface area contributed by atoms with Gasteiger partial charge >= 0.3 is 0 Å². The van der Waals surface area contributed by atoms with Gasteiger partial charge in [0, 0.05) is 17.8 Å². The Hall–Kier alpha value is -2.95. The summed E-state index contributed by atoms with van der Waals surface area (Å²) in [7, 11) is 0. The van der Waals surface area contributed by atoms with Gasteiger partial charge in [-0.1, -0.05) is 60.7 Å². The van der Waals surface area contributed by atoms with E-state index in [9.17, 15) is 9.59 Å². The van der Waals surface area contributed by atoms with Gasteiger partial charge in [-0.25, -0.2) is 5.43 Å². The van der Waals surface area contributed by atoms with Gasteiger partial charge < -0.3 is 4.90 Å². The molecule has 0 bridgehead atoms. The molecule has 2 aromatic rings. The van der Waals surface area contributed by atoms with Crippen LogP contribution in [0.3, 0.4) is 0 Å². The first-order valence-electron chi connectivity index (χ1n) is 10.0. The highest BCUT2D eigenvalue weighted by atomic mass is 16.2. The van der Waals surface area contributed by atoms with Crippen molar-refractivity contribution in [2.75, 3.05) is 0 Å². The maximum atomic E-state index is 13.0. The molecule has 0 atom stereocenters. The molecule has 2 rings (SSSR count). The van der Waals surface area contributed by atoms with Crippen LogP contribution in [-0.2, 0) is 9.59 Å². The average Bonchev–Trinajstić information content (AvgIpc) is 2.67. The Labute approximate surface area is 173 Å². The predicted octanol–water partition coefficient (Wildman–Crippen LogP) is 4.35. The Kier molecular flexibility index (Phi) is 8.13. The van der Waals surface area contributed by atoms with Crippen molar-refractivity contribution < 1.29 is 9.59 Å². The van der Waals surface area contributed by atoms with Crippen LogP contribution >= 0.6 is 0 Å².